The Balaban J connectivity index is 1.70. The molecule has 2 aliphatic rings. The van der Waals surface area contributed by atoms with Crippen molar-refractivity contribution in [3.05, 3.63) is 69.0 Å². The van der Waals surface area contributed by atoms with Gasteiger partial charge >= 0.3 is 5.69 Å². The van der Waals surface area contributed by atoms with Crippen molar-refractivity contribution in [1.29, 1.82) is 0 Å². The molecule has 0 radical (unpaired) electrons. The number of aromatic nitrogens is 2. The lowest BCUT2D eigenvalue weighted by Crippen LogP contribution is -2.65. The zero-order valence-electron chi connectivity index (χ0n) is 13.7. The molecule has 2 aromatic rings. The van der Waals surface area contributed by atoms with Gasteiger partial charge in [0, 0.05) is 12.3 Å². The number of aliphatic hydroxyl groups excluding tert-OH is 2. The molecule has 4 rings (SSSR count). The van der Waals surface area contributed by atoms with Crippen LogP contribution < -0.4 is 11.2 Å². The first-order valence-corrected chi connectivity index (χ1v) is 8.22. The predicted molar refractivity (Wildman–Crippen MR) is 87.3 cm³/mol. The largest absolute Gasteiger partial charge is 0.394 e. The molecule has 0 bridgehead atoms. The van der Waals surface area contributed by atoms with Crippen molar-refractivity contribution in [2.24, 2.45) is 0 Å². The van der Waals surface area contributed by atoms with Crippen LogP contribution in [0.15, 0.2) is 52.2 Å². The highest BCUT2D eigenvalue weighted by Crippen LogP contribution is 2.36. The van der Waals surface area contributed by atoms with Crippen LogP contribution in [0.25, 0.3) is 0 Å². The van der Waals surface area contributed by atoms with E-state index in [-0.39, 0.29) is 13.2 Å². The Morgan fingerprint density at radius 3 is 2.42 bits per heavy atom. The van der Waals surface area contributed by atoms with Gasteiger partial charge in [0.25, 0.3) is 5.56 Å². The van der Waals surface area contributed by atoms with E-state index >= 15 is 0 Å². The molecule has 2 aliphatic heterocycles. The number of ether oxygens (including phenoxy) is 1. The maximum Gasteiger partial charge on any atom is 0.333 e. The van der Waals surface area contributed by atoms with Gasteiger partial charge in [0.1, 0.15) is 12.2 Å². The number of aliphatic hydroxyl groups is 2. The number of fused-ring (bicyclic) bond motifs is 1. The topological polar surface area (TPSA) is 112 Å². The minimum atomic E-state index is -1.18. The lowest BCUT2D eigenvalue weighted by Gasteiger charge is -2.48. The second kappa shape index (κ2) is 6.78. The average molecular weight is 362 g/mol. The second-order valence-corrected chi connectivity index (χ2v) is 6.28. The first kappa shape index (κ1) is 17.1. The van der Waals surface area contributed by atoms with Gasteiger partial charge in [0.15, 0.2) is 18.4 Å². The number of hydrogen-bond acceptors (Lipinski definition) is 7. The molecule has 5 atom stereocenters. The molecule has 0 aliphatic carbocycles. The Morgan fingerprint density at radius 2 is 1.77 bits per heavy atom. The van der Waals surface area contributed by atoms with Crippen LogP contribution in [0.1, 0.15) is 11.8 Å². The minimum Gasteiger partial charge on any atom is -0.394 e. The van der Waals surface area contributed by atoms with Crippen molar-refractivity contribution in [1.82, 2.24) is 9.13 Å². The molecule has 0 spiro atoms. The summed E-state index contributed by atoms with van der Waals surface area (Å²) >= 11 is 0. The van der Waals surface area contributed by atoms with Crippen molar-refractivity contribution >= 4 is 0 Å². The minimum absolute atomic E-state index is 0.0945. The van der Waals surface area contributed by atoms with E-state index < -0.39 is 41.9 Å². The third-order valence-electron chi connectivity index (χ3n) is 4.64. The van der Waals surface area contributed by atoms with Crippen LogP contribution in [0, 0.1) is 0 Å². The van der Waals surface area contributed by atoms with Gasteiger partial charge in [-0.3, -0.25) is 13.9 Å². The van der Waals surface area contributed by atoms with Gasteiger partial charge in [-0.05, 0) is 5.56 Å². The summed E-state index contributed by atoms with van der Waals surface area (Å²) < 4.78 is 7.83. The van der Waals surface area contributed by atoms with Crippen LogP contribution in [0.4, 0.5) is 0 Å². The lowest BCUT2D eigenvalue weighted by atomic mass is 9.97. The van der Waals surface area contributed by atoms with Crippen LogP contribution in [-0.2, 0) is 21.1 Å². The summed E-state index contributed by atoms with van der Waals surface area (Å²) in [6.45, 7) is -0.261. The summed E-state index contributed by atoms with van der Waals surface area (Å²) in [5.74, 6) is 0. The first-order chi connectivity index (χ1) is 12.6. The maximum atomic E-state index is 12.8. The smallest absolute Gasteiger partial charge is 0.333 e. The highest BCUT2D eigenvalue weighted by molar-refractivity contribution is 5.15. The van der Waals surface area contributed by atoms with E-state index in [1.807, 2.05) is 18.2 Å². The molecule has 2 unspecified atom stereocenters. The van der Waals surface area contributed by atoms with E-state index in [0.717, 1.165) is 14.7 Å². The van der Waals surface area contributed by atoms with Gasteiger partial charge < -0.3 is 14.9 Å². The third kappa shape index (κ3) is 2.79. The molecule has 138 valence electrons. The Labute approximate surface area is 147 Å². The number of hydrogen-bond donors (Lipinski definition) is 2. The quantitative estimate of drug-likeness (QED) is 0.672. The van der Waals surface area contributed by atoms with Gasteiger partial charge in [-0.25, -0.2) is 14.6 Å². The molecule has 1 aromatic carbocycles. The van der Waals surface area contributed by atoms with Crippen LogP contribution >= 0.6 is 0 Å². The molecule has 9 nitrogen and oxygen atoms in total. The molecule has 2 N–H and O–H groups in total. The fourth-order valence-electron chi connectivity index (χ4n) is 3.22. The average Bonchev–Trinajstić information content (AvgIpc) is 2.61. The van der Waals surface area contributed by atoms with E-state index in [9.17, 15) is 19.8 Å². The van der Waals surface area contributed by atoms with E-state index in [1.54, 1.807) is 12.1 Å². The molecule has 2 saturated heterocycles. The Kier molecular flexibility index (Phi) is 4.47. The van der Waals surface area contributed by atoms with Gasteiger partial charge in [0.05, 0.1) is 13.2 Å². The highest BCUT2D eigenvalue weighted by Gasteiger charge is 2.54. The summed E-state index contributed by atoms with van der Waals surface area (Å²) in [5.41, 5.74) is -0.292. The van der Waals surface area contributed by atoms with Crippen molar-refractivity contribution in [2.75, 3.05) is 6.61 Å². The highest BCUT2D eigenvalue weighted by atomic mass is 17.3. The molecule has 26 heavy (non-hydrogen) atoms. The van der Waals surface area contributed by atoms with Crippen LogP contribution in [0.3, 0.4) is 0 Å². The molecule has 1 aromatic heterocycles. The van der Waals surface area contributed by atoms with Crippen molar-refractivity contribution < 1.29 is 24.7 Å². The van der Waals surface area contributed by atoms with Crippen molar-refractivity contribution in [2.45, 2.75) is 37.2 Å². The van der Waals surface area contributed by atoms with E-state index in [0.29, 0.717) is 0 Å². The van der Waals surface area contributed by atoms with Gasteiger partial charge in [-0.1, -0.05) is 30.3 Å². The predicted octanol–water partition coefficient (Wildman–Crippen LogP) is -0.992. The van der Waals surface area contributed by atoms with E-state index in [1.165, 1.54) is 12.3 Å². The fraction of sp³-hybridized carbons (Fsp3) is 0.412. The number of benzene rings is 1. The molecular formula is C17H18N2O7. The number of nitrogens with zero attached hydrogens (tertiary/aromatic N) is 2. The Bertz CT molecular complexity index is 890. The standard InChI is InChI=1S/C17H18N2O7/c20-9-11-14-15(26-25-14)13(22)16(24-11)18-7-6-12(21)19(17(18)23)8-10-4-2-1-3-5-10/h1-7,11,13-16,20,22H,8-9H2/t11?,13?,14-,15-,16-/m1/s1. The Morgan fingerprint density at radius 1 is 1.04 bits per heavy atom. The molecule has 3 heterocycles. The van der Waals surface area contributed by atoms with Crippen molar-refractivity contribution in [3.63, 3.8) is 0 Å². The van der Waals surface area contributed by atoms with Crippen LogP contribution in [-0.4, -0.2) is 50.4 Å². The van der Waals surface area contributed by atoms with E-state index in [2.05, 4.69) is 0 Å². The van der Waals surface area contributed by atoms with Gasteiger partial charge in [-0.15, -0.1) is 0 Å². The monoisotopic (exact) mass is 362 g/mol. The summed E-state index contributed by atoms with van der Waals surface area (Å²) in [5, 5.41) is 19.9. The second-order valence-electron chi connectivity index (χ2n) is 6.28. The summed E-state index contributed by atoms with van der Waals surface area (Å²) in [7, 11) is 0. The molecular weight excluding hydrogens is 344 g/mol. The van der Waals surface area contributed by atoms with Crippen LogP contribution in [0.5, 0.6) is 0 Å². The normalized spacial score (nSPS) is 30.5. The molecule has 0 amide bonds. The van der Waals surface area contributed by atoms with E-state index in [4.69, 9.17) is 14.5 Å². The molecule has 2 fully saturated rings. The number of rotatable bonds is 4. The van der Waals surface area contributed by atoms with Crippen LogP contribution in [0.2, 0.25) is 0 Å². The summed E-state index contributed by atoms with van der Waals surface area (Å²) in [4.78, 5) is 34.8. The Hall–Kier alpha value is -2.30. The summed E-state index contributed by atoms with van der Waals surface area (Å²) in [6, 6.07) is 10.3. The summed E-state index contributed by atoms with van der Waals surface area (Å²) in [6.07, 6.45) is -3.08. The fourth-order valence-corrected chi connectivity index (χ4v) is 3.22. The van der Waals surface area contributed by atoms with Crippen molar-refractivity contribution in [3.8, 4) is 0 Å². The third-order valence-corrected chi connectivity index (χ3v) is 4.64. The zero-order chi connectivity index (χ0) is 18.3. The zero-order valence-corrected chi connectivity index (χ0v) is 13.7. The van der Waals surface area contributed by atoms with Gasteiger partial charge in [-0.2, -0.15) is 0 Å². The molecule has 9 heteroatoms. The SMILES string of the molecule is O=c1ccn([C@@H]2OC(CO)[C@H]3OO[C@@H]3C2O)c(=O)n1Cc1ccccc1. The van der Waals surface area contributed by atoms with Gasteiger partial charge in [0.2, 0.25) is 0 Å². The molecule has 0 saturated carbocycles. The lowest BCUT2D eigenvalue weighted by molar-refractivity contribution is -0.515. The maximum absolute atomic E-state index is 12.8. The first-order valence-electron chi connectivity index (χ1n) is 8.22.